The Kier molecular flexibility index (Phi) is 5.78. The average molecular weight is 359 g/mol. The van der Waals surface area contributed by atoms with E-state index in [9.17, 15) is 0 Å². The van der Waals surface area contributed by atoms with Gasteiger partial charge in [0.25, 0.3) is 0 Å². The summed E-state index contributed by atoms with van der Waals surface area (Å²) in [5, 5.41) is 0.652. The lowest BCUT2D eigenvalue weighted by Gasteiger charge is -2.42. The van der Waals surface area contributed by atoms with Gasteiger partial charge in [-0.3, -0.25) is 4.90 Å². The molecule has 0 spiro atoms. The van der Waals surface area contributed by atoms with Gasteiger partial charge in [-0.1, -0.05) is 13.0 Å². The Bertz CT molecular complexity index is 457. The third-order valence-corrected chi connectivity index (χ3v) is 6.07. The molecule has 2 rings (SSSR count). The van der Waals surface area contributed by atoms with Gasteiger partial charge < -0.3 is 10.5 Å². The number of thioether (sulfide) groups is 1. The van der Waals surface area contributed by atoms with E-state index in [1.807, 2.05) is 6.07 Å². The van der Waals surface area contributed by atoms with Crippen LogP contribution in [-0.4, -0.2) is 42.1 Å². The predicted molar refractivity (Wildman–Crippen MR) is 90.6 cm³/mol. The molecule has 0 aromatic heterocycles. The summed E-state index contributed by atoms with van der Waals surface area (Å²) in [5.41, 5.74) is 7.32. The summed E-state index contributed by atoms with van der Waals surface area (Å²) >= 11 is 5.62. The first-order chi connectivity index (χ1) is 9.58. The van der Waals surface area contributed by atoms with Crippen LogP contribution >= 0.6 is 27.7 Å². The Morgan fingerprint density at radius 3 is 2.85 bits per heavy atom. The topological polar surface area (TPSA) is 38.5 Å². The highest BCUT2D eigenvalue weighted by Gasteiger charge is 2.31. The van der Waals surface area contributed by atoms with Gasteiger partial charge in [-0.2, -0.15) is 11.8 Å². The maximum Gasteiger partial charge on any atom is 0.133 e. The van der Waals surface area contributed by atoms with Crippen LogP contribution in [0.1, 0.15) is 25.5 Å². The molecule has 3 atom stereocenters. The highest BCUT2D eigenvalue weighted by Crippen LogP contribution is 2.34. The molecule has 1 saturated heterocycles. The Morgan fingerprint density at radius 1 is 1.50 bits per heavy atom. The Balaban J connectivity index is 2.25. The molecule has 0 aliphatic carbocycles. The van der Waals surface area contributed by atoms with Gasteiger partial charge in [0.05, 0.1) is 11.6 Å². The molecule has 1 aromatic rings. The van der Waals surface area contributed by atoms with E-state index in [0.717, 1.165) is 16.8 Å². The van der Waals surface area contributed by atoms with Gasteiger partial charge in [0.2, 0.25) is 0 Å². The summed E-state index contributed by atoms with van der Waals surface area (Å²) in [5.74, 6) is 2.04. The number of benzene rings is 1. The number of nitrogens with zero attached hydrogens (tertiary/aromatic N) is 1. The first-order valence-electron chi connectivity index (χ1n) is 6.99. The molecule has 1 aliphatic rings. The molecule has 1 heterocycles. The maximum absolute atomic E-state index is 6.07. The van der Waals surface area contributed by atoms with Gasteiger partial charge in [0.1, 0.15) is 5.75 Å². The molecule has 2 N–H and O–H groups in total. The molecular weight excluding hydrogens is 336 g/mol. The van der Waals surface area contributed by atoms with E-state index in [-0.39, 0.29) is 6.04 Å². The van der Waals surface area contributed by atoms with Crippen LogP contribution in [0.4, 0.5) is 0 Å². The van der Waals surface area contributed by atoms with Crippen molar-refractivity contribution in [2.75, 3.05) is 26.0 Å². The minimum Gasteiger partial charge on any atom is -0.496 e. The molecule has 112 valence electrons. The summed E-state index contributed by atoms with van der Waals surface area (Å²) in [6.45, 7) is 6.35. The van der Waals surface area contributed by atoms with E-state index in [4.69, 9.17) is 10.5 Å². The summed E-state index contributed by atoms with van der Waals surface area (Å²) < 4.78 is 6.29. The Labute approximate surface area is 134 Å². The third kappa shape index (κ3) is 3.32. The second-order valence-electron chi connectivity index (χ2n) is 5.20. The quantitative estimate of drug-likeness (QED) is 0.896. The lowest BCUT2D eigenvalue weighted by molar-refractivity contribution is 0.150. The van der Waals surface area contributed by atoms with Gasteiger partial charge in [-0.15, -0.1) is 0 Å². The second-order valence-corrected chi connectivity index (χ2v) is 7.54. The molecule has 1 aliphatic heterocycles. The lowest BCUT2D eigenvalue weighted by Crippen LogP contribution is -2.48. The predicted octanol–water partition coefficient (Wildman–Crippen LogP) is 3.28. The van der Waals surface area contributed by atoms with E-state index in [2.05, 4.69) is 58.6 Å². The fourth-order valence-electron chi connectivity index (χ4n) is 2.75. The number of hydrogen-bond donors (Lipinski definition) is 1. The van der Waals surface area contributed by atoms with E-state index in [1.165, 1.54) is 11.3 Å². The van der Waals surface area contributed by atoms with Crippen molar-refractivity contribution in [2.24, 2.45) is 5.73 Å². The summed E-state index contributed by atoms with van der Waals surface area (Å²) in [4.78, 5) is 2.54. The smallest absolute Gasteiger partial charge is 0.133 e. The number of rotatable bonds is 4. The van der Waals surface area contributed by atoms with E-state index < -0.39 is 0 Å². The van der Waals surface area contributed by atoms with Gasteiger partial charge in [0, 0.05) is 36.2 Å². The minimum absolute atomic E-state index is 0.274. The molecule has 1 fully saturated rings. The molecule has 0 amide bonds. The Morgan fingerprint density at radius 2 is 2.25 bits per heavy atom. The van der Waals surface area contributed by atoms with E-state index in [1.54, 1.807) is 7.11 Å². The van der Waals surface area contributed by atoms with Crippen LogP contribution in [0.5, 0.6) is 5.75 Å². The molecule has 0 bridgehead atoms. The van der Waals surface area contributed by atoms with Crippen LogP contribution in [0.3, 0.4) is 0 Å². The molecule has 0 radical (unpaired) electrons. The molecule has 1 aromatic carbocycles. The fraction of sp³-hybridized carbons (Fsp3) is 0.600. The zero-order valence-electron chi connectivity index (χ0n) is 12.3. The zero-order valence-corrected chi connectivity index (χ0v) is 14.7. The van der Waals surface area contributed by atoms with Crippen LogP contribution in [-0.2, 0) is 0 Å². The fourth-order valence-corrected chi connectivity index (χ4v) is 4.43. The molecular formula is C15H23BrN2OS. The average Bonchev–Trinajstić information content (AvgIpc) is 2.44. The van der Waals surface area contributed by atoms with Gasteiger partial charge in [-0.05, 0) is 40.5 Å². The van der Waals surface area contributed by atoms with Crippen molar-refractivity contribution in [3.05, 3.63) is 28.2 Å². The standard InChI is InChI=1S/C15H23BrN2OS/c1-10-11(2)20-7-6-18(10)14(9-17)12-4-5-15(19-3)13(16)8-12/h4-5,8,10-11,14H,6-7,9,17H2,1-3H3. The molecule has 3 unspecified atom stereocenters. The third-order valence-electron chi connectivity index (χ3n) is 4.12. The largest absolute Gasteiger partial charge is 0.496 e. The number of ether oxygens (including phenoxy) is 1. The molecule has 20 heavy (non-hydrogen) atoms. The van der Waals surface area contributed by atoms with Crippen LogP contribution < -0.4 is 10.5 Å². The normalized spacial score (nSPS) is 25.4. The number of halogens is 1. The lowest BCUT2D eigenvalue weighted by atomic mass is 10.0. The van der Waals surface area contributed by atoms with Crippen molar-refractivity contribution in [1.29, 1.82) is 0 Å². The van der Waals surface area contributed by atoms with Crippen molar-refractivity contribution in [3.63, 3.8) is 0 Å². The number of nitrogens with two attached hydrogens (primary N) is 1. The first kappa shape index (κ1) is 16.1. The highest BCUT2D eigenvalue weighted by atomic mass is 79.9. The van der Waals surface area contributed by atoms with Crippen molar-refractivity contribution in [1.82, 2.24) is 4.90 Å². The summed E-state index contributed by atoms with van der Waals surface area (Å²) in [6.07, 6.45) is 0. The monoisotopic (exact) mass is 358 g/mol. The van der Waals surface area contributed by atoms with Crippen LogP contribution in [0, 0.1) is 0 Å². The number of hydrogen-bond acceptors (Lipinski definition) is 4. The highest BCUT2D eigenvalue weighted by molar-refractivity contribution is 9.10. The SMILES string of the molecule is COc1ccc(C(CN)N2CCSC(C)C2C)cc1Br. The molecule has 0 saturated carbocycles. The summed E-state index contributed by atoms with van der Waals surface area (Å²) in [6, 6.07) is 7.09. The van der Waals surface area contributed by atoms with E-state index in [0.29, 0.717) is 17.8 Å². The van der Waals surface area contributed by atoms with Crippen molar-refractivity contribution >= 4 is 27.7 Å². The van der Waals surface area contributed by atoms with Crippen molar-refractivity contribution < 1.29 is 4.74 Å². The molecule has 5 heteroatoms. The van der Waals surface area contributed by atoms with Gasteiger partial charge in [-0.25, -0.2) is 0 Å². The van der Waals surface area contributed by atoms with Gasteiger partial charge in [0.15, 0.2) is 0 Å². The summed E-state index contributed by atoms with van der Waals surface area (Å²) in [7, 11) is 1.69. The second kappa shape index (κ2) is 7.16. The zero-order chi connectivity index (χ0) is 14.7. The maximum atomic E-state index is 6.07. The van der Waals surface area contributed by atoms with Crippen LogP contribution in [0.15, 0.2) is 22.7 Å². The first-order valence-corrected chi connectivity index (χ1v) is 8.83. The van der Waals surface area contributed by atoms with Crippen molar-refractivity contribution in [3.8, 4) is 5.75 Å². The number of methoxy groups -OCH3 is 1. The van der Waals surface area contributed by atoms with Crippen LogP contribution in [0.25, 0.3) is 0 Å². The van der Waals surface area contributed by atoms with Crippen LogP contribution in [0.2, 0.25) is 0 Å². The van der Waals surface area contributed by atoms with E-state index >= 15 is 0 Å². The van der Waals surface area contributed by atoms with Gasteiger partial charge >= 0.3 is 0 Å². The minimum atomic E-state index is 0.274. The Hall–Kier alpha value is -0.230. The van der Waals surface area contributed by atoms with Crippen molar-refractivity contribution in [2.45, 2.75) is 31.2 Å². The molecule has 3 nitrogen and oxygen atoms in total.